The first-order valence-corrected chi connectivity index (χ1v) is 12.4. The largest absolute Gasteiger partial charge is 0.378 e. The Hall–Kier alpha value is -2.34. The van der Waals surface area contributed by atoms with Gasteiger partial charge in [0.15, 0.2) is 0 Å². The van der Waals surface area contributed by atoms with E-state index in [9.17, 15) is 18.5 Å². The van der Waals surface area contributed by atoms with Crippen LogP contribution in [-0.2, 0) is 14.8 Å². The number of hydrogen-bond donors (Lipinski definition) is 2. The van der Waals surface area contributed by atoms with Crippen LogP contribution >= 0.6 is 11.8 Å². The van der Waals surface area contributed by atoms with Crippen LogP contribution in [-0.4, -0.2) is 51.4 Å². The van der Waals surface area contributed by atoms with Gasteiger partial charge in [0.2, 0.25) is 10.0 Å². The third-order valence-electron chi connectivity index (χ3n) is 4.93. The van der Waals surface area contributed by atoms with E-state index in [0.29, 0.717) is 0 Å². The first-order valence-electron chi connectivity index (χ1n) is 9.87. The highest BCUT2D eigenvalue weighted by atomic mass is 32.2. The minimum absolute atomic E-state index is 0.0424. The van der Waals surface area contributed by atoms with Crippen molar-refractivity contribution >= 4 is 38.8 Å². The second kappa shape index (κ2) is 10.3. The molecule has 0 spiro atoms. The number of sulfonamides is 1. The zero-order chi connectivity index (χ0) is 22.4. The van der Waals surface area contributed by atoms with Gasteiger partial charge >= 0.3 is 0 Å². The first-order chi connectivity index (χ1) is 14.7. The van der Waals surface area contributed by atoms with Crippen LogP contribution in [0.4, 0.5) is 17.1 Å². The number of nitro groups is 1. The Kier molecular flexibility index (Phi) is 7.76. The van der Waals surface area contributed by atoms with E-state index in [1.54, 1.807) is 11.8 Å². The van der Waals surface area contributed by atoms with Crippen molar-refractivity contribution in [3.05, 3.63) is 52.6 Å². The number of benzene rings is 2. The van der Waals surface area contributed by atoms with E-state index >= 15 is 0 Å². The molecule has 0 unspecified atom stereocenters. The van der Waals surface area contributed by atoms with E-state index in [1.165, 1.54) is 17.8 Å². The van der Waals surface area contributed by atoms with Gasteiger partial charge < -0.3 is 15.0 Å². The average Bonchev–Trinajstić information content (AvgIpc) is 2.74. The van der Waals surface area contributed by atoms with Gasteiger partial charge in [-0.15, -0.1) is 11.8 Å². The normalized spacial score (nSPS) is 15.5. The van der Waals surface area contributed by atoms with E-state index in [-0.39, 0.29) is 22.3 Å². The van der Waals surface area contributed by atoms with Crippen LogP contribution in [0.5, 0.6) is 0 Å². The second-order valence-electron chi connectivity index (χ2n) is 7.26. The topological polar surface area (TPSA) is 128 Å². The number of primary sulfonamides is 1. The van der Waals surface area contributed by atoms with Crippen LogP contribution in [0.1, 0.15) is 13.3 Å². The van der Waals surface area contributed by atoms with Crippen LogP contribution < -0.4 is 15.4 Å². The number of rotatable bonds is 9. The van der Waals surface area contributed by atoms with Crippen LogP contribution in [0, 0.1) is 10.1 Å². The summed E-state index contributed by atoms with van der Waals surface area (Å²) in [6.07, 6.45) is 0.768. The highest BCUT2D eigenvalue weighted by Gasteiger charge is 2.20. The molecule has 1 aliphatic rings. The van der Waals surface area contributed by atoms with Crippen LogP contribution in [0.15, 0.2) is 52.3 Å². The minimum atomic E-state index is -4.00. The van der Waals surface area contributed by atoms with Gasteiger partial charge in [-0.05, 0) is 55.5 Å². The highest BCUT2D eigenvalue weighted by molar-refractivity contribution is 7.99. The molecule has 0 aromatic heterocycles. The van der Waals surface area contributed by atoms with Crippen molar-refractivity contribution in [2.45, 2.75) is 29.2 Å². The number of nitrogens with two attached hydrogens (primary N) is 1. The summed E-state index contributed by atoms with van der Waals surface area (Å²) in [6, 6.07) is 12.0. The average molecular weight is 467 g/mol. The molecule has 3 N–H and O–H groups in total. The number of hydrogen-bond acceptors (Lipinski definition) is 8. The number of nitro benzene ring substituents is 1. The fraction of sp³-hybridized carbons (Fsp3) is 0.400. The Balaban J connectivity index is 1.53. The van der Waals surface area contributed by atoms with Gasteiger partial charge in [-0.3, -0.25) is 10.1 Å². The summed E-state index contributed by atoms with van der Waals surface area (Å²) in [5.74, 6) is 0.828. The molecule has 0 aliphatic carbocycles. The Morgan fingerprint density at radius 1 is 1.23 bits per heavy atom. The summed E-state index contributed by atoms with van der Waals surface area (Å²) in [5, 5.41) is 19.5. The molecule has 31 heavy (non-hydrogen) atoms. The van der Waals surface area contributed by atoms with Crippen molar-refractivity contribution in [3.8, 4) is 0 Å². The van der Waals surface area contributed by atoms with Crippen molar-refractivity contribution in [3.63, 3.8) is 0 Å². The van der Waals surface area contributed by atoms with Crippen molar-refractivity contribution in [2.24, 2.45) is 5.14 Å². The predicted octanol–water partition coefficient (Wildman–Crippen LogP) is 3.06. The lowest BCUT2D eigenvalue weighted by Gasteiger charge is -2.28. The molecule has 11 heteroatoms. The number of ether oxygens (including phenoxy) is 1. The third kappa shape index (κ3) is 6.57. The molecule has 3 rings (SSSR count). The summed E-state index contributed by atoms with van der Waals surface area (Å²) in [5.41, 5.74) is 1.15. The molecule has 0 amide bonds. The molecule has 2 aromatic rings. The lowest BCUT2D eigenvalue weighted by Crippen LogP contribution is -2.36. The fourth-order valence-corrected chi connectivity index (χ4v) is 4.80. The molecule has 0 saturated carbocycles. The van der Waals surface area contributed by atoms with E-state index in [1.807, 2.05) is 6.92 Å². The summed E-state index contributed by atoms with van der Waals surface area (Å²) in [6.45, 7) is 5.24. The van der Waals surface area contributed by atoms with Gasteiger partial charge in [-0.1, -0.05) is 0 Å². The van der Waals surface area contributed by atoms with Gasteiger partial charge in [0.1, 0.15) is 5.69 Å². The molecular formula is C20H26N4O5S2. The number of morpholine rings is 1. The quantitative estimate of drug-likeness (QED) is 0.328. The molecular weight excluding hydrogens is 440 g/mol. The summed E-state index contributed by atoms with van der Waals surface area (Å²) < 4.78 is 28.3. The Morgan fingerprint density at radius 2 is 1.90 bits per heavy atom. The van der Waals surface area contributed by atoms with Gasteiger partial charge in [0.25, 0.3) is 5.69 Å². The maximum Gasteiger partial charge on any atom is 0.293 e. The van der Waals surface area contributed by atoms with Gasteiger partial charge in [0.05, 0.1) is 23.0 Å². The highest BCUT2D eigenvalue weighted by Crippen LogP contribution is 2.29. The predicted molar refractivity (Wildman–Crippen MR) is 122 cm³/mol. The van der Waals surface area contributed by atoms with E-state index < -0.39 is 14.9 Å². The van der Waals surface area contributed by atoms with Crippen LogP contribution in [0.2, 0.25) is 0 Å². The number of nitrogens with one attached hydrogen (secondary N) is 1. The molecule has 168 valence electrons. The fourth-order valence-electron chi connectivity index (χ4n) is 3.23. The lowest BCUT2D eigenvalue weighted by atomic mass is 10.2. The molecule has 1 heterocycles. The number of thioether (sulfide) groups is 1. The van der Waals surface area contributed by atoms with E-state index in [0.717, 1.165) is 49.4 Å². The van der Waals surface area contributed by atoms with Crippen molar-refractivity contribution in [1.82, 2.24) is 0 Å². The molecule has 0 bridgehead atoms. The Labute approximate surface area is 186 Å². The standard InChI is InChI=1S/C20H26N4O5S2/c1-15(22-19-7-6-18(31(21,27)28)14-20(19)24(25)26)8-13-30-17-4-2-16(3-5-17)23-9-11-29-12-10-23/h2-7,14-15,22H,8-13H2,1H3,(H2,21,27,28)/t15-/m1/s1. The van der Waals surface area contributed by atoms with Gasteiger partial charge in [-0.2, -0.15) is 0 Å². The molecule has 2 aromatic carbocycles. The summed E-state index contributed by atoms with van der Waals surface area (Å²) in [4.78, 5) is 13.9. The SMILES string of the molecule is C[C@H](CCSc1ccc(N2CCOCC2)cc1)Nc1ccc(S(N)(=O)=O)cc1[N+](=O)[O-]. The molecule has 1 saturated heterocycles. The zero-order valence-corrected chi connectivity index (χ0v) is 18.8. The van der Waals surface area contributed by atoms with Crippen LogP contribution in [0.3, 0.4) is 0 Å². The van der Waals surface area contributed by atoms with E-state index in [2.05, 4.69) is 34.5 Å². The Morgan fingerprint density at radius 3 is 2.52 bits per heavy atom. The number of anilines is 2. The summed E-state index contributed by atoms with van der Waals surface area (Å²) in [7, 11) is -4.00. The van der Waals surface area contributed by atoms with Gasteiger partial charge in [0, 0.05) is 35.8 Å². The smallest absolute Gasteiger partial charge is 0.293 e. The first kappa shape index (κ1) is 23.3. The minimum Gasteiger partial charge on any atom is -0.378 e. The monoisotopic (exact) mass is 466 g/mol. The van der Waals surface area contributed by atoms with Crippen LogP contribution in [0.25, 0.3) is 0 Å². The molecule has 1 atom stereocenters. The maximum atomic E-state index is 11.5. The maximum absolute atomic E-state index is 11.5. The van der Waals surface area contributed by atoms with Crippen molar-refractivity contribution in [1.29, 1.82) is 0 Å². The Bertz CT molecular complexity index is 1010. The molecule has 9 nitrogen and oxygen atoms in total. The van der Waals surface area contributed by atoms with Gasteiger partial charge in [-0.25, -0.2) is 13.6 Å². The number of nitrogens with zero attached hydrogens (tertiary/aromatic N) is 2. The van der Waals surface area contributed by atoms with Crippen molar-refractivity contribution < 1.29 is 18.1 Å². The second-order valence-corrected chi connectivity index (χ2v) is 9.99. The van der Waals surface area contributed by atoms with Crippen molar-refractivity contribution in [2.75, 3.05) is 42.3 Å². The zero-order valence-electron chi connectivity index (χ0n) is 17.2. The third-order valence-corrected chi connectivity index (χ3v) is 6.89. The molecule has 1 fully saturated rings. The summed E-state index contributed by atoms with van der Waals surface area (Å²) >= 11 is 1.72. The molecule has 0 radical (unpaired) electrons. The van der Waals surface area contributed by atoms with E-state index in [4.69, 9.17) is 9.88 Å². The lowest BCUT2D eigenvalue weighted by molar-refractivity contribution is -0.384. The molecule has 1 aliphatic heterocycles.